The first kappa shape index (κ1) is 25.9. The zero-order valence-electron chi connectivity index (χ0n) is 22.9. The summed E-state index contributed by atoms with van der Waals surface area (Å²) < 4.78 is 8.42. The van der Waals surface area contributed by atoms with E-state index in [4.69, 9.17) is 4.74 Å². The van der Waals surface area contributed by atoms with E-state index in [1.165, 1.54) is 12.0 Å². The van der Waals surface area contributed by atoms with Gasteiger partial charge < -0.3 is 19.5 Å². The Kier molecular flexibility index (Phi) is 6.77. The Labute approximate surface area is 242 Å². The number of ether oxygens (including phenoxy) is 1. The molecule has 3 heterocycles. The van der Waals surface area contributed by atoms with Gasteiger partial charge >= 0.3 is 0 Å². The number of carbonyl (C=O) groups excluding carboxylic acids is 1. The van der Waals surface area contributed by atoms with Crippen molar-refractivity contribution in [1.82, 2.24) is 14.8 Å². The number of nitrogens with zero attached hydrogens (tertiary/aromatic N) is 2. The van der Waals surface area contributed by atoms with E-state index in [1.807, 2.05) is 53.1 Å². The fourth-order valence-corrected chi connectivity index (χ4v) is 6.96. The second kappa shape index (κ2) is 10.7. The molecule has 1 saturated heterocycles. The van der Waals surface area contributed by atoms with Gasteiger partial charge in [0.2, 0.25) is 5.43 Å². The van der Waals surface area contributed by atoms with Crippen molar-refractivity contribution in [2.24, 2.45) is 0 Å². The first-order chi connectivity index (χ1) is 20.0. The predicted molar refractivity (Wildman–Crippen MR) is 166 cm³/mol. The van der Waals surface area contributed by atoms with E-state index >= 15 is 0 Å². The van der Waals surface area contributed by atoms with Gasteiger partial charge in [-0.15, -0.1) is 11.8 Å². The van der Waals surface area contributed by atoms with Gasteiger partial charge in [0.15, 0.2) is 11.5 Å². The third kappa shape index (κ3) is 4.89. The van der Waals surface area contributed by atoms with Crippen LogP contribution in [0.25, 0.3) is 27.4 Å². The Bertz CT molecular complexity index is 1850. The fraction of sp³-hybridized carbons (Fsp3) is 0.235. The van der Waals surface area contributed by atoms with Gasteiger partial charge in [0, 0.05) is 29.4 Å². The van der Waals surface area contributed by atoms with Crippen LogP contribution < -0.4 is 15.5 Å². The maximum Gasteiger partial charge on any atom is 0.256 e. The van der Waals surface area contributed by atoms with Gasteiger partial charge in [0.05, 0.1) is 11.1 Å². The lowest BCUT2D eigenvalue weighted by Gasteiger charge is -2.25. The lowest BCUT2D eigenvalue weighted by molar-refractivity contribution is 0.0949. The summed E-state index contributed by atoms with van der Waals surface area (Å²) in [6, 6.07) is 26.8. The number of amides is 1. The zero-order chi connectivity index (χ0) is 27.9. The van der Waals surface area contributed by atoms with Crippen LogP contribution in [0.2, 0.25) is 0 Å². The molecule has 4 aromatic carbocycles. The van der Waals surface area contributed by atoms with E-state index in [2.05, 4.69) is 47.6 Å². The molecule has 0 radical (unpaired) electrons. The van der Waals surface area contributed by atoms with E-state index in [0.29, 0.717) is 35.0 Å². The molecular weight excluding hydrogens is 530 g/mol. The Balaban J connectivity index is 1.31. The van der Waals surface area contributed by atoms with Crippen molar-refractivity contribution in [3.8, 4) is 17.2 Å². The number of fused-ring (bicyclic) bond motifs is 3. The summed E-state index contributed by atoms with van der Waals surface area (Å²) in [6.45, 7) is 1.63. The largest absolute Gasteiger partial charge is 0.453 e. The van der Waals surface area contributed by atoms with Crippen LogP contribution in [0.4, 0.5) is 0 Å². The second-order valence-electron chi connectivity index (χ2n) is 10.9. The molecule has 7 rings (SSSR count). The molecule has 0 spiro atoms. The molecule has 206 valence electrons. The summed E-state index contributed by atoms with van der Waals surface area (Å²) in [6.07, 6.45) is 4.90. The number of nitrogens with one attached hydrogen (secondary N) is 1. The highest BCUT2D eigenvalue weighted by molar-refractivity contribution is 7.98. The molecule has 1 unspecified atom stereocenters. The van der Waals surface area contributed by atoms with Crippen molar-refractivity contribution in [3.05, 3.63) is 106 Å². The maximum absolute atomic E-state index is 13.9. The van der Waals surface area contributed by atoms with Gasteiger partial charge in [-0.25, -0.2) is 0 Å². The highest BCUT2D eigenvalue weighted by Gasteiger charge is 2.26. The molecule has 1 atom stereocenters. The van der Waals surface area contributed by atoms with Crippen LogP contribution >= 0.6 is 11.8 Å². The topological polar surface area (TPSA) is 63.6 Å². The van der Waals surface area contributed by atoms with Gasteiger partial charge in [0.25, 0.3) is 5.91 Å². The van der Waals surface area contributed by atoms with E-state index in [0.717, 1.165) is 46.5 Å². The van der Waals surface area contributed by atoms with Crippen LogP contribution in [0, 0.1) is 0 Å². The van der Waals surface area contributed by atoms with E-state index in [9.17, 15) is 9.59 Å². The number of rotatable bonds is 7. The SMILES string of the molecule is CN1CCCC1CCNC(=O)c1cn2c3c(cc(SCc4ccccc4)cc3c1=O)Oc1cc3ccccc3cc1-2. The molecule has 41 heavy (non-hydrogen) atoms. The van der Waals surface area contributed by atoms with Crippen molar-refractivity contribution >= 4 is 39.3 Å². The minimum absolute atomic E-state index is 0.148. The maximum atomic E-state index is 13.9. The Morgan fingerprint density at radius 1 is 1.00 bits per heavy atom. The fourth-order valence-electron chi connectivity index (χ4n) is 6.04. The molecule has 7 heteroatoms. The molecule has 0 bridgehead atoms. The Morgan fingerprint density at radius 2 is 1.78 bits per heavy atom. The van der Waals surface area contributed by atoms with Crippen LogP contribution in [0.15, 0.2) is 94.7 Å². The van der Waals surface area contributed by atoms with Crippen molar-refractivity contribution in [1.29, 1.82) is 0 Å². The molecule has 1 amide bonds. The lowest BCUT2D eigenvalue weighted by atomic mass is 10.0. The van der Waals surface area contributed by atoms with Crippen molar-refractivity contribution in [2.45, 2.75) is 36.0 Å². The van der Waals surface area contributed by atoms with Gasteiger partial charge in [-0.2, -0.15) is 0 Å². The normalized spacial score (nSPS) is 16.1. The number of aromatic nitrogens is 1. The van der Waals surface area contributed by atoms with E-state index < -0.39 is 0 Å². The number of carbonyl (C=O) groups is 1. The smallest absolute Gasteiger partial charge is 0.256 e. The quantitative estimate of drug-likeness (QED) is 0.218. The monoisotopic (exact) mass is 561 g/mol. The summed E-state index contributed by atoms with van der Waals surface area (Å²) >= 11 is 1.65. The summed E-state index contributed by atoms with van der Waals surface area (Å²) in [5.41, 5.74) is 2.57. The van der Waals surface area contributed by atoms with Gasteiger partial charge in [-0.05, 0) is 73.5 Å². The Morgan fingerprint density at radius 3 is 2.56 bits per heavy atom. The standard InChI is InChI=1S/C34H31N3O3S/c1-36-15-7-12-25(36)13-14-35-34(39)28-20-37-29-16-23-10-5-6-11-24(23)17-30(29)40-31-19-26(18-27(32(31)37)33(28)38)41-21-22-8-3-2-4-9-22/h2-6,8-11,16-20,25H,7,12-15,21H2,1H3,(H,35,39). The molecule has 6 nitrogen and oxygen atoms in total. The number of hydrogen-bond acceptors (Lipinski definition) is 5. The van der Waals surface area contributed by atoms with Crippen LogP contribution in [-0.2, 0) is 5.75 Å². The zero-order valence-corrected chi connectivity index (χ0v) is 23.7. The third-order valence-corrected chi connectivity index (χ3v) is 9.32. The molecule has 2 aliphatic heterocycles. The van der Waals surface area contributed by atoms with E-state index in [-0.39, 0.29) is 16.9 Å². The van der Waals surface area contributed by atoms with Gasteiger partial charge in [0.1, 0.15) is 11.1 Å². The number of likely N-dealkylation sites (tertiary alicyclic amines) is 1. The number of thioether (sulfide) groups is 1. The predicted octanol–water partition coefficient (Wildman–Crippen LogP) is 6.76. The van der Waals surface area contributed by atoms with Crippen molar-refractivity contribution < 1.29 is 9.53 Å². The first-order valence-corrected chi connectivity index (χ1v) is 15.1. The van der Waals surface area contributed by atoms with Crippen molar-refractivity contribution in [3.63, 3.8) is 0 Å². The lowest BCUT2D eigenvalue weighted by Crippen LogP contribution is -2.34. The molecule has 0 saturated carbocycles. The average Bonchev–Trinajstić information content (AvgIpc) is 3.41. The summed E-state index contributed by atoms with van der Waals surface area (Å²) in [7, 11) is 2.13. The Hall–Kier alpha value is -4.07. The second-order valence-corrected chi connectivity index (χ2v) is 12.0. The number of pyridine rings is 1. The molecule has 0 aliphatic carbocycles. The molecule has 1 fully saturated rings. The summed E-state index contributed by atoms with van der Waals surface area (Å²) in [4.78, 5) is 30.6. The minimum Gasteiger partial charge on any atom is -0.453 e. The van der Waals surface area contributed by atoms with Crippen LogP contribution in [0.1, 0.15) is 35.2 Å². The third-order valence-electron chi connectivity index (χ3n) is 8.27. The van der Waals surface area contributed by atoms with Crippen LogP contribution in [0.3, 0.4) is 0 Å². The summed E-state index contributed by atoms with van der Waals surface area (Å²) in [5, 5.41) is 5.65. The highest BCUT2D eigenvalue weighted by atomic mass is 32.2. The van der Waals surface area contributed by atoms with Gasteiger partial charge in [-0.1, -0.05) is 54.6 Å². The van der Waals surface area contributed by atoms with Crippen LogP contribution in [-0.4, -0.2) is 41.6 Å². The number of hydrogen-bond donors (Lipinski definition) is 1. The molecule has 1 N–H and O–H groups in total. The van der Waals surface area contributed by atoms with Crippen molar-refractivity contribution in [2.75, 3.05) is 20.1 Å². The molecule has 5 aromatic rings. The highest BCUT2D eigenvalue weighted by Crippen LogP contribution is 2.43. The van der Waals surface area contributed by atoms with Crippen LogP contribution in [0.5, 0.6) is 11.5 Å². The molecular formula is C34H31N3O3S. The number of benzene rings is 4. The average molecular weight is 562 g/mol. The molecule has 1 aromatic heterocycles. The minimum atomic E-state index is -0.334. The molecule has 2 aliphatic rings. The van der Waals surface area contributed by atoms with E-state index in [1.54, 1.807) is 18.0 Å². The van der Waals surface area contributed by atoms with Gasteiger partial charge in [-0.3, -0.25) is 9.59 Å². The first-order valence-electron chi connectivity index (χ1n) is 14.1. The summed E-state index contributed by atoms with van der Waals surface area (Å²) in [5.74, 6) is 1.74.